The van der Waals surface area contributed by atoms with Crippen molar-refractivity contribution in [2.24, 2.45) is 0 Å². The van der Waals surface area contributed by atoms with Crippen molar-refractivity contribution in [2.75, 3.05) is 10.6 Å². The first kappa shape index (κ1) is 19.1. The third kappa shape index (κ3) is 5.41. The van der Waals surface area contributed by atoms with Crippen LogP contribution >= 0.6 is 0 Å². The first-order chi connectivity index (χ1) is 13.6. The average Bonchev–Trinajstić information content (AvgIpc) is 2.71. The summed E-state index contributed by atoms with van der Waals surface area (Å²) in [5.74, 6) is 0.896. The van der Waals surface area contributed by atoms with E-state index in [9.17, 15) is 4.79 Å². The van der Waals surface area contributed by atoms with E-state index in [1.54, 1.807) is 19.2 Å². The quantitative estimate of drug-likeness (QED) is 0.453. The summed E-state index contributed by atoms with van der Waals surface area (Å²) in [4.78, 5) is 20.3. The molecule has 0 radical (unpaired) electrons. The molecule has 0 atom stereocenters. The smallest absolute Gasteiger partial charge is 0.330 e. The SMILES string of the molecule is C/C=C/C(=O)OCc1ccc(Nc2nc(Nc3ccccc3)ncc2C)cc1. The number of carbonyl (C=O) groups excluding carboxylic acids is 1. The number of carbonyl (C=O) groups is 1. The number of rotatable bonds is 7. The number of para-hydroxylation sites is 1. The minimum atomic E-state index is -0.347. The van der Waals surface area contributed by atoms with E-state index in [2.05, 4.69) is 20.6 Å². The summed E-state index contributed by atoms with van der Waals surface area (Å²) in [5.41, 5.74) is 3.65. The fourth-order valence-corrected chi connectivity index (χ4v) is 2.44. The van der Waals surface area contributed by atoms with Gasteiger partial charge in [-0.15, -0.1) is 0 Å². The van der Waals surface area contributed by atoms with E-state index in [-0.39, 0.29) is 12.6 Å². The Morgan fingerprint density at radius 1 is 1.04 bits per heavy atom. The van der Waals surface area contributed by atoms with Gasteiger partial charge < -0.3 is 15.4 Å². The molecule has 6 heteroatoms. The maximum Gasteiger partial charge on any atom is 0.330 e. The fourth-order valence-electron chi connectivity index (χ4n) is 2.44. The molecule has 0 bridgehead atoms. The summed E-state index contributed by atoms with van der Waals surface area (Å²) in [6.45, 7) is 3.96. The van der Waals surface area contributed by atoms with Gasteiger partial charge in [-0.3, -0.25) is 0 Å². The molecule has 28 heavy (non-hydrogen) atoms. The molecule has 0 fully saturated rings. The van der Waals surface area contributed by atoms with Crippen molar-refractivity contribution in [2.45, 2.75) is 20.5 Å². The van der Waals surface area contributed by atoms with E-state index in [1.165, 1.54) is 6.08 Å². The number of benzene rings is 2. The van der Waals surface area contributed by atoms with Crippen molar-refractivity contribution in [3.63, 3.8) is 0 Å². The highest BCUT2D eigenvalue weighted by Crippen LogP contribution is 2.21. The number of hydrogen-bond donors (Lipinski definition) is 2. The van der Waals surface area contributed by atoms with Gasteiger partial charge in [-0.25, -0.2) is 9.78 Å². The van der Waals surface area contributed by atoms with E-state index >= 15 is 0 Å². The summed E-state index contributed by atoms with van der Waals surface area (Å²) in [6, 6.07) is 17.4. The molecule has 0 aliphatic carbocycles. The van der Waals surface area contributed by atoms with E-state index in [0.717, 1.165) is 28.3 Å². The van der Waals surface area contributed by atoms with Crippen LogP contribution in [0.4, 0.5) is 23.1 Å². The van der Waals surface area contributed by atoms with Gasteiger partial charge in [0.1, 0.15) is 12.4 Å². The van der Waals surface area contributed by atoms with Crippen molar-refractivity contribution in [3.05, 3.63) is 84.1 Å². The second-order valence-corrected chi connectivity index (χ2v) is 6.15. The number of aryl methyl sites for hydroxylation is 1. The van der Waals surface area contributed by atoms with Gasteiger partial charge in [0.15, 0.2) is 0 Å². The second-order valence-electron chi connectivity index (χ2n) is 6.15. The minimum absolute atomic E-state index is 0.237. The van der Waals surface area contributed by atoms with Crippen molar-refractivity contribution < 1.29 is 9.53 Å². The molecule has 0 amide bonds. The molecule has 2 N–H and O–H groups in total. The third-order valence-corrected chi connectivity index (χ3v) is 3.90. The minimum Gasteiger partial charge on any atom is -0.458 e. The van der Waals surface area contributed by atoms with Crippen molar-refractivity contribution in [3.8, 4) is 0 Å². The van der Waals surface area contributed by atoms with Crippen LogP contribution in [0.25, 0.3) is 0 Å². The maximum atomic E-state index is 11.4. The van der Waals surface area contributed by atoms with Crippen molar-refractivity contribution >= 4 is 29.1 Å². The Morgan fingerprint density at radius 2 is 1.75 bits per heavy atom. The molecule has 1 aromatic heterocycles. The number of anilines is 4. The molecular weight excluding hydrogens is 352 g/mol. The molecule has 6 nitrogen and oxygen atoms in total. The number of allylic oxidation sites excluding steroid dienone is 1. The lowest BCUT2D eigenvalue weighted by molar-refractivity contribution is -0.139. The molecular formula is C22H22N4O2. The van der Waals surface area contributed by atoms with Gasteiger partial charge in [-0.1, -0.05) is 36.4 Å². The van der Waals surface area contributed by atoms with Gasteiger partial charge in [-0.2, -0.15) is 4.98 Å². The number of aromatic nitrogens is 2. The summed E-state index contributed by atoms with van der Waals surface area (Å²) < 4.78 is 5.14. The number of esters is 1. The Bertz CT molecular complexity index is 954. The lowest BCUT2D eigenvalue weighted by Gasteiger charge is -2.11. The molecule has 0 aliphatic heterocycles. The lowest BCUT2D eigenvalue weighted by atomic mass is 10.2. The zero-order valence-electron chi connectivity index (χ0n) is 15.8. The molecule has 2 aromatic carbocycles. The Balaban J connectivity index is 1.66. The van der Waals surface area contributed by atoms with Crippen LogP contribution in [0, 0.1) is 6.92 Å². The second kappa shape index (κ2) is 9.32. The molecule has 0 unspecified atom stereocenters. The molecule has 142 valence electrons. The highest BCUT2D eigenvalue weighted by molar-refractivity contribution is 5.81. The molecule has 1 heterocycles. The number of hydrogen-bond acceptors (Lipinski definition) is 6. The largest absolute Gasteiger partial charge is 0.458 e. The molecule has 0 spiro atoms. The van der Waals surface area contributed by atoms with Crippen LogP contribution in [0.1, 0.15) is 18.1 Å². The molecule has 0 saturated heterocycles. The fraction of sp³-hybridized carbons (Fsp3) is 0.136. The Kier molecular flexibility index (Phi) is 6.36. The van der Waals surface area contributed by atoms with Crippen LogP contribution in [0.2, 0.25) is 0 Å². The van der Waals surface area contributed by atoms with Crippen LogP contribution in [0.15, 0.2) is 72.9 Å². The average molecular weight is 374 g/mol. The highest BCUT2D eigenvalue weighted by Gasteiger charge is 2.06. The van der Waals surface area contributed by atoms with Gasteiger partial charge in [0.05, 0.1) is 0 Å². The molecule has 0 saturated carbocycles. The summed E-state index contributed by atoms with van der Waals surface area (Å²) in [6.07, 6.45) is 4.82. The molecule has 0 aliphatic rings. The molecule has 3 aromatic rings. The van der Waals surface area contributed by atoms with Gasteiger partial charge >= 0.3 is 5.97 Å². The van der Waals surface area contributed by atoms with E-state index in [0.29, 0.717) is 5.95 Å². The van der Waals surface area contributed by atoms with Crippen molar-refractivity contribution in [1.29, 1.82) is 0 Å². The van der Waals surface area contributed by atoms with Gasteiger partial charge in [0.25, 0.3) is 0 Å². The highest BCUT2D eigenvalue weighted by atomic mass is 16.5. The maximum absolute atomic E-state index is 11.4. The number of ether oxygens (including phenoxy) is 1. The van der Waals surface area contributed by atoms with Crippen molar-refractivity contribution in [1.82, 2.24) is 9.97 Å². The number of nitrogens with one attached hydrogen (secondary N) is 2. The first-order valence-corrected chi connectivity index (χ1v) is 8.95. The van der Waals surface area contributed by atoms with Crippen LogP contribution in [-0.4, -0.2) is 15.9 Å². The van der Waals surface area contributed by atoms with Crippen LogP contribution in [-0.2, 0) is 16.1 Å². The molecule has 3 rings (SSSR count). The summed E-state index contributed by atoms with van der Waals surface area (Å²) >= 11 is 0. The van der Waals surface area contributed by atoms with Crippen LogP contribution < -0.4 is 10.6 Å². The monoisotopic (exact) mass is 374 g/mol. The van der Waals surface area contributed by atoms with Gasteiger partial charge in [-0.05, 0) is 43.7 Å². The summed E-state index contributed by atoms with van der Waals surface area (Å²) in [5, 5.41) is 6.49. The Morgan fingerprint density at radius 3 is 2.46 bits per heavy atom. The first-order valence-electron chi connectivity index (χ1n) is 8.95. The van der Waals surface area contributed by atoms with Gasteiger partial charge in [0, 0.05) is 29.2 Å². The zero-order valence-corrected chi connectivity index (χ0v) is 15.8. The van der Waals surface area contributed by atoms with E-state index < -0.39 is 0 Å². The van der Waals surface area contributed by atoms with Crippen LogP contribution in [0.3, 0.4) is 0 Å². The Labute approximate surface area is 164 Å². The third-order valence-electron chi connectivity index (χ3n) is 3.90. The lowest BCUT2D eigenvalue weighted by Crippen LogP contribution is -2.03. The Hall–Kier alpha value is -3.67. The zero-order chi connectivity index (χ0) is 19.8. The predicted molar refractivity (Wildman–Crippen MR) is 111 cm³/mol. The van der Waals surface area contributed by atoms with E-state index in [4.69, 9.17) is 4.74 Å². The standard InChI is InChI=1S/C22H22N4O2/c1-3-7-20(27)28-15-17-10-12-19(13-11-17)24-21-16(2)14-23-22(26-21)25-18-8-5-4-6-9-18/h3-14H,15H2,1-2H3,(H2,23,24,25,26)/b7-3+. The van der Waals surface area contributed by atoms with Crippen LogP contribution in [0.5, 0.6) is 0 Å². The predicted octanol–water partition coefficient (Wildman–Crippen LogP) is 4.89. The normalized spacial score (nSPS) is 10.6. The van der Waals surface area contributed by atoms with Gasteiger partial charge in [0.2, 0.25) is 5.95 Å². The topological polar surface area (TPSA) is 76.1 Å². The number of nitrogens with zero attached hydrogens (tertiary/aromatic N) is 2. The van der Waals surface area contributed by atoms with E-state index in [1.807, 2.05) is 61.5 Å². The summed E-state index contributed by atoms with van der Waals surface area (Å²) in [7, 11) is 0.